The number of rotatable bonds is 3. The molecule has 4 atom stereocenters. The highest BCUT2D eigenvalue weighted by Gasteiger charge is 2.04. The lowest BCUT2D eigenvalue weighted by Gasteiger charge is -2.17. The molecule has 0 aliphatic carbocycles. The summed E-state index contributed by atoms with van der Waals surface area (Å²) in [4.78, 5) is 0. The maximum absolute atomic E-state index is 3.06. The van der Waals surface area contributed by atoms with Gasteiger partial charge in [-0.25, -0.2) is 0 Å². The molecule has 50 valence electrons. The predicted molar refractivity (Wildman–Crippen MR) is 44.6 cm³/mol. The van der Waals surface area contributed by atoms with E-state index in [0.29, 0.717) is 12.1 Å². The van der Waals surface area contributed by atoms with E-state index in [2.05, 4.69) is 42.8 Å². The van der Waals surface area contributed by atoms with E-state index in [1.807, 2.05) is 0 Å². The molecule has 0 radical (unpaired) electrons. The van der Waals surface area contributed by atoms with Gasteiger partial charge in [0, 0.05) is 12.1 Å². The van der Waals surface area contributed by atoms with Crippen LogP contribution in [0.2, 0.25) is 0 Å². The lowest BCUT2D eigenvalue weighted by Crippen LogP contribution is -2.35. The van der Waals surface area contributed by atoms with Crippen molar-refractivity contribution in [3.8, 4) is 0 Å². The van der Waals surface area contributed by atoms with Gasteiger partial charge in [0.2, 0.25) is 0 Å². The predicted octanol–water partition coefficient (Wildman–Crippen LogP) is 0.523. The molecule has 4 unspecified atom stereocenters. The van der Waals surface area contributed by atoms with Crippen LogP contribution < -0.4 is 10.2 Å². The molecule has 0 aromatic rings. The summed E-state index contributed by atoms with van der Waals surface area (Å²) in [6.07, 6.45) is 0. The van der Waals surface area contributed by atoms with Gasteiger partial charge in [-0.2, -0.15) is 0 Å². The minimum absolute atomic E-state index is 0.498. The van der Waals surface area contributed by atoms with E-state index >= 15 is 0 Å². The van der Waals surface area contributed by atoms with Gasteiger partial charge in [0.1, 0.15) is 0 Å². The molecule has 0 aromatic heterocycles. The molecule has 0 bridgehead atoms. The van der Waals surface area contributed by atoms with Crippen LogP contribution in [0.5, 0.6) is 0 Å². The normalized spacial score (nSPS) is 18.0. The summed E-state index contributed by atoms with van der Waals surface area (Å²) in [5.74, 6) is 0. The highest BCUT2D eigenvalue weighted by molar-refractivity contribution is 7.14. The van der Waals surface area contributed by atoms with Gasteiger partial charge < -0.3 is 0 Å². The van der Waals surface area contributed by atoms with E-state index in [-0.39, 0.29) is 0 Å². The van der Waals surface area contributed by atoms with Crippen molar-refractivity contribution in [2.45, 2.75) is 25.9 Å². The van der Waals surface area contributed by atoms with Crippen LogP contribution in [0.25, 0.3) is 0 Å². The van der Waals surface area contributed by atoms with Gasteiger partial charge in [0.15, 0.2) is 0 Å². The fraction of sp³-hybridized carbons (Fsp3) is 1.00. The van der Waals surface area contributed by atoms with Gasteiger partial charge in [-0.3, -0.25) is 10.2 Å². The number of hydrogen-bond donors (Lipinski definition) is 2. The zero-order chi connectivity index (χ0) is 6.57. The maximum Gasteiger partial charge on any atom is 0.0224 e. The van der Waals surface area contributed by atoms with Crippen molar-refractivity contribution in [1.29, 1.82) is 0 Å². The summed E-state index contributed by atoms with van der Waals surface area (Å²) in [6.45, 7) is 4.24. The van der Waals surface area contributed by atoms with E-state index in [1.165, 1.54) is 0 Å². The van der Waals surface area contributed by atoms with Crippen molar-refractivity contribution in [3.05, 3.63) is 0 Å². The quantitative estimate of drug-likeness (QED) is 0.576. The summed E-state index contributed by atoms with van der Waals surface area (Å²) in [6, 6.07) is 0.995. The third-order valence-electron chi connectivity index (χ3n) is 1.28. The molecule has 8 heavy (non-hydrogen) atoms. The van der Waals surface area contributed by atoms with Crippen molar-refractivity contribution in [1.82, 2.24) is 10.2 Å². The lowest BCUT2D eigenvalue weighted by molar-refractivity contribution is 0.543. The van der Waals surface area contributed by atoms with Crippen molar-refractivity contribution in [2.75, 3.05) is 0 Å². The first-order valence-corrected chi connectivity index (χ1v) is 3.80. The monoisotopic (exact) mass is 152 g/mol. The summed E-state index contributed by atoms with van der Waals surface area (Å²) >= 11 is 0. The average molecular weight is 152 g/mol. The smallest absolute Gasteiger partial charge is 0.0224 e. The van der Waals surface area contributed by atoms with Gasteiger partial charge in [0.05, 0.1) is 0 Å². The number of hydrogen-bond acceptors (Lipinski definition) is 2. The second kappa shape index (κ2) is 4.64. The minimum Gasteiger partial charge on any atom is -0.296 e. The van der Waals surface area contributed by atoms with Crippen LogP contribution in [0.4, 0.5) is 0 Å². The summed E-state index contributed by atoms with van der Waals surface area (Å²) in [5.41, 5.74) is 0. The second-order valence-electron chi connectivity index (χ2n) is 1.91. The van der Waals surface area contributed by atoms with E-state index in [9.17, 15) is 0 Å². The molecule has 0 aromatic carbocycles. The van der Waals surface area contributed by atoms with Crippen LogP contribution in [0.1, 0.15) is 13.8 Å². The van der Waals surface area contributed by atoms with E-state index in [4.69, 9.17) is 0 Å². The van der Waals surface area contributed by atoms with Crippen molar-refractivity contribution >= 4 is 18.8 Å². The van der Waals surface area contributed by atoms with Crippen LogP contribution >= 0.6 is 18.8 Å². The first kappa shape index (κ1) is 8.78. The molecule has 4 heteroatoms. The van der Waals surface area contributed by atoms with Crippen LogP contribution in [-0.4, -0.2) is 12.1 Å². The first-order chi connectivity index (χ1) is 3.72. The maximum atomic E-state index is 3.06. The Kier molecular flexibility index (Phi) is 5.09. The highest BCUT2D eigenvalue weighted by atomic mass is 31.0. The molecule has 0 fully saturated rings. The molecule has 0 spiro atoms. The van der Waals surface area contributed by atoms with E-state index < -0.39 is 0 Å². The molecule has 0 aliphatic heterocycles. The number of nitrogens with one attached hydrogen (secondary N) is 2. The first-order valence-electron chi connectivity index (χ1n) is 2.64. The third kappa shape index (κ3) is 2.94. The summed E-state index contributed by atoms with van der Waals surface area (Å²) < 4.78 is 0. The van der Waals surface area contributed by atoms with Gasteiger partial charge in [0.25, 0.3) is 0 Å². The molecule has 0 aliphatic rings. The van der Waals surface area contributed by atoms with Crippen LogP contribution in [0.3, 0.4) is 0 Å². The van der Waals surface area contributed by atoms with Crippen LogP contribution in [0, 0.1) is 0 Å². The minimum atomic E-state index is 0.498. The lowest BCUT2D eigenvalue weighted by atomic mass is 10.2. The molecular formula is C4H14N2P2. The van der Waals surface area contributed by atoms with Gasteiger partial charge in [-0.05, 0) is 13.8 Å². The Morgan fingerprint density at radius 2 is 1.25 bits per heavy atom. The van der Waals surface area contributed by atoms with Crippen molar-refractivity contribution in [2.24, 2.45) is 0 Å². The highest BCUT2D eigenvalue weighted by Crippen LogP contribution is 1.94. The Labute approximate surface area is 55.7 Å². The molecule has 0 saturated carbocycles. The Balaban J connectivity index is 3.29. The van der Waals surface area contributed by atoms with E-state index in [1.54, 1.807) is 0 Å². The summed E-state index contributed by atoms with van der Waals surface area (Å²) in [5, 5.41) is 6.11. The zero-order valence-electron chi connectivity index (χ0n) is 5.31. The molecule has 0 rings (SSSR count). The van der Waals surface area contributed by atoms with Gasteiger partial charge in [-0.1, -0.05) is 18.8 Å². The summed E-state index contributed by atoms with van der Waals surface area (Å²) in [7, 11) is 4.99. The fourth-order valence-corrected chi connectivity index (χ4v) is 0.866. The zero-order valence-corrected chi connectivity index (χ0v) is 7.62. The Morgan fingerprint density at radius 1 is 1.00 bits per heavy atom. The van der Waals surface area contributed by atoms with Gasteiger partial charge in [-0.15, -0.1) is 0 Å². The topological polar surface area (TPSA) is 24.1 Å². The molecule has 0 heterocycles. The second-order valence-corrected chi connectivity index (χ2v) is 2.58. The Hall–Kier alpha value is 0.780. The molecule has 0 amide bonds. The third-order valence-corrected chi connectivity index (χ3v) is 2.33. The Bertz CT molecular complexity index is 52.0. The average Bonchev–Trinajstić information content (AvgIpc) is 1.84. The van der Waals surface area contributed by atoms with Gasteiger partial charge >= 0.3 is 0 Å². The molecular weight excluding hydrogens is 138 g/mol. The van der Waals surface area contributed by atoms with E-state index in [0.717, 1.165) is 0 Å². The fourth-order valence-electron chi connectivity index (χ4n) is 0.289. The molecule has 2 N–H and O–H groups in total. The van der Waals surface area contributed by atoms with Crippen molar-refractivity contribution < 1.29 is 0 Å². The van der Waals surface area contributed by atoms with Crippen LogP contribution in [-0.2, 0) is 0 Å². The standard InChI is InChI=1S/C4H14N2P2/c1-3(5-7)4(2)6-8/h3-6H,7-8H2,1-2H3. The molecule has 2 nitrogen and oxygen atoms in total. The molecule has 0 saturated heterocycles. The van der Waals surface area contributed by atoms with Crippen molar-refractivity contribution in [3.63, 3.8) is 0 Å². The Morgan fingerprint density at radius 3 is 1.38 bits per heavy atom. The van der Waals surface area contributed by atoms with Crippen LogP contribution in [0.15, 0.2) is 0 Å². The SMILES string of the molecule is CC(NP)C(C)NP. The largest absolute Gasteiger partial charge is 0.296 e.